The fourth-order valence-electron chi connectivity index (χ4n) is 8.59. The number of carbonyl (C=O) groups is 9. The van der Waals surface area contributed by atoms with Gasteiger partial charge in [0.15, 0.2) is 0 Å². The van der Waals surface area contributed by atoms with Crippen molar-refractivity contribution in [2.45, 2.75) is 159 Å². The molecule has 2 bridgehead atoms. The Hall–Kier alpha value is -7.30. The first-order chi connectivity index (χ1) is 34.6. The number of hydrogen-bond donors (Lipinski definition) is 10. The smallest absolute Gasteiger partial charge is 0.338 e. The van der Waals surface area contributed by atoms with Gasteiger partial charge in [-0.1, -0.05) is 76.1 Å². The van der Waals surface area contributed by atoms with Crippen LogP contribution in [0.3, 0.4) is 0 Å². The van der Waals surface area contributed by atoms with E-state index in [9.17, 15) is 53.7 Å². The van der Waals surface area contributed by atoms with Crippen molar-refractivity contribution >= 4 is 59.2 Å². The van der Waals surface area contributed by atoms with E-state index in [2.05, 4.69) is 31.6 Å². The summed E-state index contributed by atoms with van der Waals surface area (Å²) in [7, 11) is 1.34. The molecule has 2 aromatic carbocycles. The van der Waals surface area contributed by atoms with Crippen LogP contribution in [0.5, 0.6) is 5.75 Å². The third-order valence-corrected chi connectivity index (χ3v) is 12.8. The fourth-order valence-corrected chi connectivity index (χ4v) is 8.59. The van der Waals surface area contributed by atoms with Crippen LogP contribution in [0, 0.1) is 5.92 Å². The highest BCUT2D eigenvalue weighted by Gasteiger charge is 2.46. The first-order valence-corrected chi connectivity index (χ1v) is 24.7. The van der Waals surface area contributed by atoms with Gasteiger partial charge in [-0.05, 0) is 81.0 Å². The number of hydrogen-bond acceptors (Lipinski definition) is 13. The molecule has 400 valence electrons. The zero-order chi connectivity index (χ0) is 53.9. The topological polar surface area (TPSA) is 359 Å². The van der Waals surface area contributed by atoms with E-state index in [-0.39, 0.29) is 63.2 Å². The van der Waals surface area contributed by atoms with Gasteiger partial charge in [0.05, 0.1) is 6.54 Å². The number of ether oxygens (including phenoxy) is 1. The number of benzene rings is 2. The summed E-state index contributed by atoms with van der Waals surface area (Å²) in [6, 6.07) is 3.94. The van der Waals surface area contributed by atoms with Crippen molar-refractivity contribution < 1.29 is 68.2 Å². The number of aliphatic carboxylic acids is 1. The predicted octanol–water partition coefficient (Wildman–Crippen LogP) is -3.42. The zero-order valence-corrected chi connectivity index (χ0v) is 42.1. The molecule has 0 saturated carbocycles. The van der Waals surface area contributed by atoms with Crippen LogP contribution in [-0.2, 0) is 60.7 Å². The number of likely N-dealkylation sites (N-methyl/N-ethyl adjacent to an activating group) is 1. The monoisotopic (exact) mass is 1020 g/mol. The van der Waals surface area contributed by atoms with Crippen LogP contribution in [0.25, 0.3) is 0 Å². The minimum Gasteiger partial charge on any atom is -0.550 e. The lowest BCUT2D eigenvalue weighted by atomic mass is 9.95. The summed E-state index contributed by atoms with van der Waals surface area (Å²) in [6.45, 7) is 6.49. The fraction of sp³-hybridized carbons (Fsp3) is 0.560. The number of nitrogens with zero attached hydrogens (tertiary/aromatic N) is 2. The van der Waals surface area contributed by atoms with Gasteiger partial charge in [0.2, 0.25) is 41.4 Å². The third kappa shape index (κ3) is 17.5. The summed E-state index contributed by atoms with van der Waals surface area (Å²) < 4.78 is 5.87. The number of carbonyl (C=O) groups excluding carboxylic acids is 9. The first kappa shape index (κ1) is 58.3. The van der Waals surface area contributed by atoms with Crippen molar-refractivity contribution in [3.8, 4) is 5.75 Å². The molecule has 4 rings (SSSR count). The highest BCUT2D eigenvalue weighted by Crippen LogP contribution is 2.26. The number of aliphatic hydroxyl groups is 1. The molecule has 0 radical (unpaired) electrons. The van der Waals surface area contributed by atoms with E-state index in [1.165, 1.54) is 38.2 Å². The molecule has 23 heteroatoms. The molecular weight excluding hydrogens is 949 g/mol. The van der Waals surface area contributed by atoms with Crippen LogP contribution < -0.4 is 48.2 Å². The molecule has 0 spiro atoms. The number of phenols is 1. The number of unbranched alkanes of at least 4 members (excludes halogenated alkanes) is 2. The third-order valence-electron chi connectivity index (χ3n) is 12.8. The molecule has 2 aliphatic rings. The SMILES string of the molecule is CCCCCC(=O)N[C@@H](CCC(=O)[O-])C(=O)N[C@@H]1C(=O)N[C@@H](CCC[NH+]=C(N)N)C(=O)N[C@H]2CC[C@@H](O)N(C2=O)[C@@H](Cc2ccccc2)C(=O)N(C)[C@@H](Cc2ccc(O)cc2)C(=O)NC(C(C)C)C(=O)O[C@@H]1C. The van der Waals surface area contributed by atoms with Gasteiger partial charge in [0.25, 0.3) is 0 Å². The predicted molar refractivity (Wildman–Crippen MR) is 261 cm³/mol. The second kappa shape index (κ2) is 28.1. The number of cyclic esters (lactones) is 1. The average Bonchev–Trinajstić information content (AvgIpc) is 3.34. The Balaban J connectivity index is 1.88. The highest BCUT2D eigenvalue weighted by molar-refractivity contribution is 5.98. The summed E-state index contributed by atoms with van der Waals surface area (Å²) in [5.41, 5.74) is 12.2. The summed E-state index contributed by atoms with van der Waals surface area (Å²) in [6.07, 6.45) is -2.80. The van der Waals surface area contributed by atoms with Crippen LogP contribution in [0.4, 0.5) is 0 Å². The lowest BCUT2D eigenvalue weighted by Gasteiger charge is -2.43. The van der Waals surface area contributed by atoms with Gasteiger partial charge in [0.1, 0.15) is 60.4 Å². The summed E-state index contributed by atoms with van der Waals surface area (Å²) in [5.74, 6) is -9.57. The number of nitrogens with one attached hydrogen (secondary N) is 6. The molecule has 2 aromatic rings. The summed E-state index contributed by atoms with van der Waals surface area (Å²) in [5, 5.41) is 46.2. The Morgan fingerprint density at radius 1 is 0.849 bits per heavy atom. The molecular formula is C50H72N10O13. The Kier molecular flexibility index (Phi) is 22.4. The number of phenolic OH excluding ortho intramolecular Hbond substituents is 1. The molecule has 2 aliphatic heterocycles. The van der Waals surface area contributed by atoms with Crippen molar-refractivity contribution in [3.05, 3.63) is 65.7 Å². The maximum absolute atomic E-state index is 15.1. The van der Waals surface area contributed by atoms with Gasteiger partial charge >= 0.3 is 11.9 Å². The minimum atomic E-state index is -1.85. The molecule has 2 fully saturated rings. The number of fused-ring (bicyclic) bond motifs is 2. The number of esters is 1. The molecule has 7 amide bonds. The molecule has 23 nitrogen and oxygen atoms in total. The van der Waals surface area contributed by atoms with Gasteiger partial charge in [-0.25, -0.2) is 4.79 Å². The van der Waals surface area contributed by atoms with Crippen molar-refractivity contribution in [3.63, 3.8) is 0 Å². The molecule has 1 unspecified atom stereocenters. The number of aliphatic hydroxyl groups excluding tert-OH is 1. The lowest BCUT2D eigenvalue weighted by Crippen LogP contribution is -2.78. The number of amides is 7. The van der Waals surface area contributed by atoms with Gasteiger partial charge in [-0.2, -0.15) is 0 Å². The van der Waals surface area contributed by atoms with Gasteiger partial charge in [0, 0.05) is 32.3 Å². The molecule has 0 aromatic heterocycles. The second-order valence-corrected chi connectivity index (χ2v) is 18.8. The number of carboxylic acids is 1. The molecule has 12 N–H and O–H groups in total. The Morgan fingerprint density at radius 3 is 2.14 bits per heavy atom. The standard InChI is InChI=1S/C50H72N10O13/c1-6-7-9-16-38(62)54-34(22-24-40(64)65)44(67)58-42-29(4)73-49(72)41(28(2)3)57-45(68)36(26-31-17-19-32(61)20-18-31)59(5)48(71)37(27-30-13-10-8-11-14-30)60-39(63)23-21-35(47(60)70)56-43(66)33(55-46(42)69)15-12-25-53-50(51)52/h8,10-11,13-14,17-20,28-29,33-37,39,41-42,61,63H,6-7,9,12,15-16,21-27H2,1-5H3,(H,54,62)(H,55,69)(H,56,66)(H,57,68)(H,58,67)(H,64,65)(H4,51,52,53)/t29-,33+,34+,35+,36+,37+,39-,41?,42+/m1/s1. The van der Waals surface area contributed by atoms with Crippen molar-refractivity contribution in [2.75, 3.05) is 13.6 Å². The largest absolute Gasteiger partial charge is 0.550 e. The molecule has 2 heterocycles. The second-order valence-electron chi connectivity index (χ2n) is 18.8. The molecule has 0 aliphatic carbocycles. The number of nitrogens with two attached hydrogens (primary N) is 2. The number of aromatic hydroxyl groups is 1. The van der Waals surface area contributed by atoms with E-state index in [1.807, 2.05) is 6.92 Å². The van der Waals surface area contributed by atoms with Crippen molar-refractivity contribution in [1.29, 1.82) is 0 Å². The molecule has 2 saturated heterocycles. The quantitative estimate of drug-likeness (QED) is 0.0284. The first-order valence-electron chi connectivity index (χ1n) is 24.7. The molecule has 9 atom stereocenters. The van der Waals surface area contributed by atoms with Crippen molar-refractivity contribution in [1.82, 2.24) is 36.4 Å². The normalized spacial score (nSPS) is 23.9. The highest BCUT2D eigenvalue weighted by atomic mass is 16.5. The van der Waals surface area contributed by atoms with E-state index in [1.54, 1.807) is 44.2 Å². The van der Waals surface area contributed by atoms with Gasteiger partial charge in [-0.3, -0.25) is 50.0 Å². The maximum Gasteiger partial charge on any atom is 0.338 e. The van der Waals surface area contributed by atoms with Crippen LogP contribution in [0.2, 0.25) is 0 Å². The van der Waals surface area contributed by atoms with Crippen LogP contribution in [0.1, 0.15) is 103 Å². The maximum atomic E-state index is 15.1. The zero-order valence-electron chi connectivity index (χ0n) is 42.1. The van der Waals surface area contributed by atoms with E-state index < -0.39 is 127 Å². The van der Waals surface area contributed by atoms with E-state index in [0.717, 1.165) is 16.2 Å². The lowest BCUT2D eigenvalue weighted by molar-refractivity contribution is -0.459. The average molecular weight is 1020 g/mol. The Bertz CT molecular complexity index is 2280. The Labute approximate surface area is 424 Å². The Morgan fingerprint density at radius 2 is 1.51 bits per heavy atom. The van der Waals surface area contributed by atoms with Crippen LogP contribution >= 0.6 is 0 Å². The van der Waals surface area contributed by atoms with Crippen LogP contribution in [-0.4, -0.2) is 147 Å². The number of guanidine groups is 1. The number of carboxylic acid groups (broad SMARTS) is 1. The van der Waals surface area contributed by atoms with E-state index >= 15 is 4.79 Å². The summed E-state index contributed by atoms with van der Waals surface area (Å²) in [4.78, 5) is 131. The minimum absolute atomic E-state index is 0.00997. The van der Waals surface area contributed by atoms with Gasteiger partial charge in [-0.15, -0.1) is 0 Å². The molecule has 73 heavy (non-hydrogen) atoms. The van der Waals surface area contributed by atoms with Crippen molar-refractivity contribution in [2.24, 2.45) is 17.4 Å². The number of piperidine rings is 1. The van der Waals surface area contributed by atoms with E-state index in [0.29, 0.717) is 24.0 Å². The van der Waals surface area contributed by atoms with E-state index in [4.69, 9.17) is 16.2 Å². The van der Waals surface area contributed by atoms with Crippen LogP contribution in [0.15, 0.2) is 54.6 Å². The number of rotatable bonds is 19. The van der Waals surface area contributed by atoms with Gasteiger partial charge < -0.3 is 61.2 Å². The summed E-state index contributed by atoms with van der Waals surface area (Å²) >= 11 is 0.